The second kappa shape index (κ2) is 5.87. The van der Waals surface area contributed by atoms with E-state index in [0.29, 0.717) is 5.92 Å². The average Bonchev–Trinajstić information content (AvgIpc) is 2.59. The van der Waals surface area contributed by atoms with Gasteiger partial charge in [0.05, 0.1) is 20.3 Å². The third-order valence-electron chi connectivity index (χ3n) is 2.89. The van der Waals surface area contributed by atoms with Crippen molar-refractivity contribution < 1.29 is 9.47 Å². The normalized spacial score (nSPS) is 21.4. The first kappa shape index (κ1) is 11.4. The zero-order valence-electron chi connectivity index (χ0n) is 9.74. The fraction of sp³-hybridized carbons (Fsp3) is 0.538. The molecule has 0 amide bonds. The maximum atomic E-state index is 5.54. The third kappa shape index (κ3) is 3.22. The quantitative estimate of drug-likeness (QED) is 0.838. The molecule has 3 heteroatoms. The van der Waals surface area contributed by atoms with E-state index in [1.165, 1.54) is 5.56 Å². The molecule has 16 heavy (non-hydrogen) atoms. The van der Waals surface area contributed by atoms with E-state index in [1.807, 2.05) is 12.1 Å². The van der Waals surface area contributed by atoms with Crippen LogP contribution in [0.25, 0.3) is 0 Å². The zero-order chi connectivity index (χ0) is 11.2. The van der Waals surface area contributed by atoms with Gasteiger partial charge < -0.3 is 14.8 Å². The van der Waals surface area contributed by atoms with Crippen molar-refractivity contribution >= 4 is 0 Å². The number of benzene rings is 1. The van der Waals surface area contributed by atoms with E-state index in [4.69, 9.17) is 9.47 Å². The molecule has 0 aliphatic carbocycles. The molecule has 3 nitrogen and oxygen atoms in total. The van der Waals surface area contributed by atoms with Crippen LogP contribution in [0.1, 0.15) is 5.56 Å². The summed E-state index contributed by atoms with van der Waals surface area (Å²) in [7, 11) is 1.69. The number of rotatable bonds is 3. The highest BCUT2D eigenvalue weighted by Crippen LogP contribution is 2.15. The first-order valence-electron chi connectivity index (χ1n) is 5.80. The van der Waals surface area contributed by atoms with Crippen molar-refractivity contribution in [1.29, 1.82) is 0 Å². The summed E-state index contributed by atoms with van der Waals surface area (Å²) in [5, 5.41) is 3.39. The summed E-state index contributed by atoms with van der Waals surface area (Å²) in [4.78, 5) is 0. The first-order valence-corrected chi connectivity index (χ1v) is 5.80. The van der Waals surface area contributed by atoms with Crippen LogP contribution in [0.5, 0.6) is 5.75 Å². The van der Waals surface area contributed by atoms with E-state index in [-0.39, 0.29) is 0 Å². The van der Waals surface area contributed by atoms with Crippen molar-refractivity contribution in [2.75, 3.05) is 33.4 Å². The zero-order valence-corrected chi connectivity index (χ0v) is 9.74. The van der Waals surface area contributed by atoms with Gasteiger partial charge in [0.1, 0.15) is 5.75 Å². The van der Waals surface area contributed by atoms with Crippen LogP contribution in [0.4, 0.5) is 0 Å². The van der Waals surface area contributed by atoms with Gasteiger partial charge in [0.25, 0.3) is 0 Å². The summed E-state index contributed by atoms with van der Waals surface area (Å²) in [6.45, 7) is 3.71. The average molecular weight is 221 g/mol. The van der Waals surface area contributed by atoms with Gasteiger partial charge in [0.2, 0.25) is 0 Å². The third-order valence-corrected chi connectivity index (χ3v) is 2.89. The fourth-order valence-corrected chi connectivity index (χ4v) is 1.99. The Morgan fingerprint density at radius 2 is 2.19 bits per heavy atom. The minimum absolute atomic E-state index is 0.580. The standard InChI is InChI=1S/C13H19NO2/c1-15-13-4-2-11(3-5-13)8-12-9-14-6-7-16-10-12/h2-5,12,14H,6-10H2,1H3/t12-/m0/s1. The maximum absolute atomic E-state index is 5.54. The molecule has 0 radical (unpaired) electrons. The van der Waals surface area contributed by atoms with Gasteiger partial charge in [-0.2, -0.15) is 0 Å². The summed E-state index contributed by atoms with van der Waals surface area (Å²) in [5.74, 6) is 1.50. The topological polar surface area (TPSA) is 30.5 Å². The monoisotopic (exact) mass is 221 g/mol. The molecule has 1 aromatic carbocycles. The Labute approximate surface area is 96.8 Å². The number of ether oxygens (including phenoxy) is 2. The summed E-state index contributed by atoms with van der Waals surface area (Å²) in [5.41, 5.74) is 1.35. The lowest BCUT2D eigenvalue weighted by molar-refractivity contribution is 0.123. The summed E-state index contributed by atoms with van der Waals surface area (Å²) in [6, 6.07) is 8.29. The molecule has 88 valence electrons. The molecule has 1 aliphatic heterocycles. The van der Waals surface area contributed by atoms with Crippen LogP contribution in [-0.2, 0) is 11.2 Å². The van der Waals surface area contributed by atoms with Gasteiger partial charge in [0.15, 0.2) is 0 Å². The number of hydrogen-bond acceptors (Lipinski definition) is 3. The Hall–Kier alpha value is -1.06. The van der Waals surface area contributed by atoms with Gasteiger partial charge in [-0.3, -0.25) is 0 Å². The highest BCUT2D eigenvalue weighted by atomic mass is 16.5. The Kier molecular flexibility index (Phi) is 4.19. The molecule has 1 N–H and O–H groups in total. The Bertz CT molecular complexity index is 302. The predicted molar refractivity (Wildman–Crippen MR) is 63.9 cm³/mol. The second-order valence-electron chi connectivity index (χ2n) is 4.20. The van der Waals surface area contributed by atoms with Gasteiger partial charge in [-0.1, -0.05) is 12.1 Å². The van der Waals surface area contributed by atoms with E-state index in [0.717, 1.165) is 38.5 Å². The highest BCUT2D eigenvalue weighted by molar-refractivity contribution is 5.27. The molecule has 0 saturated carbocycles. The van der Waals surface area contributed by atoms with Crippen LogP contribution in [0, 0.1) is 5.92 Å². The molecular weight excluding hydrogens is 202 g/mol. The van der Waals surface area contributed by atoms with Crippen LogP contribution in [0.2, 0.25) is 0 Å². The molecule has 0 spiro atoms. The van der Waals surface area contributed by atoms with Gasteiger partial charge in [-0.15, -0.1) is 0 Å². The van der Waals surface area contributed by atoms with E-state index in [9.17, 15) is 0 Å². The van der Waals surface area contributed by atoms with Gasteiger partial charge in [-0.25, -0.2) is 0 Å². The van der Waals surface area contributed by atoms with Crippen molar-refractivity contribution in [1.82, 2.24) is 5.32 Å². The molecular formula is C13H19NO2. The summed E-state index contributed by atoms with van der Waals surface area (Å²) in [6.07, 6.45) is 1.07. The molecule has 1 atom stereocenters. The predicted octanol–water partition coefficient (Wildman–Crippen LogP) is 1.47. The van der Waals surface area contributed by atoms with E-state index < -0.39 is 0 Å². The lowest BCUT2D eigenvalue weighted by atomic mass is 10.00. The minimum Gasteiger partial charge on any atom is -0.497 e. The molecule has 1 aromatic rings. The van der Waals surface area contributed by atoms with Crippen molar-refractivity contribution in [3.05, 3.63) is 29.8 Å². The lowest BCUT2D eigenvalue weighted by Crippen LogP contribution is -2.24. The second-order valence-corrected chi connectivity index (χ2v) is 4.20. The molecule has 2 rings (SSSR count). The smallest absolute Gasteiger partial charge is 0.118 e. The molecule has 1 fully saturated rings. The van der Waals surface area contributed by atoms with E-state index in [1.54, 1.807) is 7.11 Å². The van der Waals surface area contributed by atoms with Crippen LogP contribution in [0.15, 0.2) is 24.3 Å². The van der Waals surface area contributed by atoms with Crippen molar-refractivity contribution in [3.63, 3.8) is 0 Å². The molecule has 1 aliphatic rings. The van der Waals surface area contributed by atoms with E-state index >= 15 is 0 Å². The Morgan fingerprint density at radius 3 is 2.94 bits per heavy atom. The number of hydrogen-bond donors (Lipinski definition) is 1. The maximum Gasteiger partial charge on any atom is 0.118 e. The van der Waals surface area contributed by atoms with Crippen molar-refractivity contribution in [3.8, 4) is 5.75 Å². The summed E-state index contributed by atoms with van der Waals surface area (Å²) >= 11 is 0. The minimum atomic E-state index is 0.580. The Morgan fingerprint density at radius 1 is 1.38 bits per heavy atom. The SMILES string of the molecule is COc1ccc(C[C@H]2CNCCOC2)cc1. The van der Waals surface area contributed by atoms with Gasteiger partial charge in [0, 0.05) is 13.1 Å². The highest BCUT2D eigenvalue weighted by Gasteiger charge is 2.12. The largest absolute Gasteiger partial charge is 0.497 e. The molecule has 0 aromatic heterocycles. The summed E-state index contributed by atoms with van der Waals surface area (Å²) < 4.78 is 10.7. The van der Waals surface area contributed by atoms with Crippen LogP contribution >= 0.6 is 0 Å². The molecule has 1 heterocycles. The first-order chi connectivity index (χ1) is 7.88. The van der Waals surface area contributed by atoms with Crippen LogP contribution in [-0.4, -0.2) is 33.4 Å². The van der Waals surface area contributed by atoms with Crippen LogP contribution in [0.3, 0.4) is 0 Å². The lowest BCUT2D eigenvalue weighted by Gasteiger charge is -2.13. The van der Waals surface area contributed by atoms with Crippen molar-refractivity contribution in [2.24, 2.45) is 5.92 Å². The number of methoxy groups -OCH3 is 1. The van der Waals surface area contributed by atoms with Crippen molar-refractivity contribution in [2.45, 2.75) is 6.42 Å². The van der Waals surface area contributed by atoms with Gasteiger partial charge >= 0.3 is 0 Å². The molecule has 0 bridgehead atoms. The van der Waals surface area contributed by atoms with Gasteiger partial charge in [-0.05, 0) is 30.0 Å². The van der Waals surface area contributed by atoms with Crippen LogP contribution < -0.4 is 10.1 Å². The molecule has 1 saturated heterocycles. The number of nitrogens with one attached hydrogen (secondary N) is 1. The Balaban J connectivity index is 1.91. The fourth-order valence-electron chi connectivity index (χ4n) is 1.99. The molecule has 0 unspecified atom stereocenters. The van der Waals surface area contributed by atoms with E-state index in [2.05, 4.69) is 17.4 Å².